The highest BCUT2D eigenvalue weighted by Gasteiger charge is 2.39. The Hall–Kier alpha value is -1.46. The van der Waals surface area contributed by atoms with Crippen molar-refractivity contribution in [2.45, 2.75) is 43.5 Å². The molecule has 0 saturated carbocycles. The van der Waals surface area contributed by atoms with Gasteiger partial charge in [0.05, 0.1) is 10.2 Å². The molecule has 3 aromatic rings. The first-order valence-corrected chi connectivity index (χ1v) is 14.6. The van der Waals surface area contributed by atoms with Crippen LogP contribution < -0.4 is 4.80 Å². The van der Waals surface area contributed by atoms with Crippen LogP contribution in [0.1, 0.15) is 24.0 Å². The van der Waals surface area contributed by atoms with Crippen molar-refractivity contribution in [1.29, 1.82) is 0 Å². The van der Waals surface area contributed by atoms with Crippen molar-refractivity contribution < 1.29 is 13.2 Å². The molecular formula is C21H25N3O3S4. The molecule has 0 bridgehead atoms. The maximum absolute atomic E-state index is 13.2. The van der Waals surface area contributed by atoms with Crippen LogP contribution in [0.2, 0.25) is 0 Å². The topological polar surface area (TPSA) is 71.7 Å². The van der Waals surface area contributed by atoms with Crippen molar-refractivity contribution in [3.05, 3.63) is 45.6 Å². The number of thiophene rings is 1. The first kappa shape index (κ1) is 22.7. The van der Waals surface area contributed by atoms with E-state index in [1.165, 1.54) is 38.1 Å². The van der Waals surface area contributed by atoms with Crippen LogP contribution in [0.4, 0.5) is 0 Å². The summed E-state index contributed by atoms with van der Waals surface area (Å²) in [6, 6.07) is 6.84. The summed E-state index contributed by atoms with van der Waals surface area (Å²) in [6.07, 6.45) is 3.22. The number of aryl methyl sites for hydroxylation is 3. The van der Waals surface area contributed by atoms with Crippen LogP contribution in [0.5, 0.6) is 0 Å². The molecule has 0 aliphatic carbocycles. The number of carbonyl (C=O) groups excluding carboxylic acids is 1. The molecule has 1 atom stereocenters. The Kier molecular flexibility index (Phi) is 6.73. The van der Waals surface area contributed by atoms with Gasteiger partial charge in [-0.25, -0.2) is 8.42 Å². The van der Waals surface area contributed by atoms with Gasteiger partial charge in [0.2, 0.25) is 0 Å². The van der Waals surface area contributed by atoms with Gasteiger partial charge in [-0.2, -0.15) is 21.1 Å². The van der Waals surface area contributed by atoms with Gasteiger partial charge in [0.15, 0.2) is 4.80 Å². The number of nitrogens with zero attached hydrogens (tertiary/aromatic N) is 3. The highest BCUT2D eigenvalue weighted by molar-refractivity contribution is 7.98. The average molecular weight is 496 g/mol. The number of hydrogen-bond acceptors (Lipinski definition) is 6. The van der Waals surface area contributed by atoms with Gasteiger partial charge < -0.3 is 4.57 Å². The second-order valence-electron chi connectivity index (χ2n) is 7.59. The van der Waals surface area contributed by atoms with E-state index in [-0.39, 0.29) is 10.1 Å². The summed E-state index contributed by atoms with van der Waals surface area (Å²) in [5, 5.41) is 1.74. The Labute approximate surface area is 194 Å². The van der Waals surface area contributed by atoms with Gasteiger partial charge in [0.25, 0.3) is 15.9 Å². The lowest BCUT2D eigenvalue weighted by atomic mass is 10.1. The number of rotatable bonds is 6. The van der Waals surface area contributed by atoms with E-state index in [0.717, 1.165) is 22.5 Å². The number of benzene rings is 1. The van der Waals surface area contributed by atoms with E-state index in [1.54, 1.807) is 29.3 Å². The van der Waals surface area contributed by atoms with E-state index in [2.05, 4.69) is 41.8 Å². The fraction of sp³-hybridized carbons (Fsp3) is 0.429. The number of thiazole rings is 1. The minimum atomic E-state index is -3.68. The number of sulfonamides is 1. The second-order valence-corrected chi connectivity index (χ2v) is 12.6. The Morgan fingerprint density at radius 3 is 2.77 bits per heavy atom. The molecule has 0 radical (unpaired) electrons. The van der Waals surface area contributed by atoms with Crippen LogP contribution in [0.15, 0.2) is 38.8 Å². The number of carbonyl (C=O) groups is 1. The molecule has 4 rings (SSSR count). The fourth-order valence-corrected chi connectivity index (χ4v) is 8.05. The maximum atomic E-state index is 13.2. The van der Waals surface area contributed by atoms with E-state index < -0.39 is 16.1 Å². The highest BCUT2D eigenvalue weighted by atomic mass is 32.2. The number of amides is 1. The number of aromatic nitrogens is 1. The Morgan fingerprint density at radius 2 is 2.06 bits per heavy atom. The molecule has 1 aliphatic rings. The van der Waals surface area contributed by atoms with Crippen LogP contribution in [0.25, 0.3) is 10.2 Å². The van der Waals surface area contributed by atoms with Crippen molar-refractivity contribution in [2.75, 3.05) is 18.6 Å². The van der Waals surface area contributed by atoms with Crippen LogP contribution in [0, 0.1) is 13.8 Å². The van der Waals surface area contributed by atoms with E-state index in [4.69, 9.17) is 0 Å². The Bertz CT molecular complexity index is 1270. The van der Waals surface area contributed by atoms with E-state index >= 15 is 0 Å². The summed E-state index contributed by atoms with van der Waals surface area (Å²) >= 11 is 4.41. The van der Waals surface area contributed by atoms with Crippen LogP contribution in [-0.2, 0) is 21.4 Å². The smallest absolute Gasteiger partial charge is 0.266 e. The van der Waals surface area contributed by atoms with Gasteiger partial charge >= 0.3 is 0 Å². The zero-order valence-electron chi connectivity index (χ0n) is 17.7. The molecule has 31 heavy (non-hydrogen) atoms. The number of fused-ring (bicyclic) bond motifs is 1. The van der Waals surface area contributed by atoms with Crippen molar-refractivity contribution >= 4 is 60.6 Å². The summed E-state index contributed by atoms with van der Waals surface area (Å²) in [7, 11) is -3.68. The molecule has 1 fully saturated rings. The summed E-state index contributed by atoms with van der Waals surface area (Å²) in [5.41, 5.74) is 3.47. The molecule has 10 heteroatoms. The van der Waals surface area contributed by atoms with E-state index in [9.17, 15) is 13.2 Å². The van der Waals surface area contributed by atoms with Gasteiger partial charge in [-0.05, 0) is 67.7 Å². The quantitative estimate of drug-likeness (QED) is 0.518. The molecule has 2 aromatic heterocycles. The molecule has 0 N–H and O–H groups in total. The average Bonchev–Trinajstić information content (AvgIpc) is 3.48. The first-order chi connectivity index (χ1) is 14.8. The normalized spacial score (nSPS) is 18.3. The molecule has 6 nitrogen and oxygen atoms in total. The monoisotopic (exact) mass is 495 g/mol. The summed E-state index contributed by atoms with van der Waals surface area (Å²) in [6.45, 7) is 5.26. The summed E-state index contributed by atoms with van der Waals surface area (Å²) in [5.74, 6) is 0.526. The van der Waals surface area contributed by atoms with E-state index in [0.29, 0.717) is 24.2 Å². The molecule has 1 amide bonds. The van der Waals surface area contributed by atoms with Crippen LogP contribution in [0.3, 0.4) is 0 Å². The first-order valence-electron chi connectivity index (χ1n) is 10.1. The fourth-order valence-electron chi connectivity index (χ4n) is 3.77. The third-order valence-corrected chi connectivity index (χ3v) is 10.5. The lowest BCUT2D eigenvalue weighted by Gasteiger charge is -2.20. The number of hydrogen-bond donors (Lipinski definition) is 0. The minimum absolute atomic E-state index is 0.273. The molecule has 1 saturated heterocycles. The Morgan fingerprint density at radius 1 is 1.29 bits per heavy atom. The van der Waals surface area contributed by atoms with Gasteiger partial charge in [-0.1, -0.05) is 17.4 Å². The van der Waals surface area contributed by atoms with E-state index in [1.807, 2.05) is 0 Å². The predicted octanol–water partition coefficient (Wildman–Crippen LogP) is 4.02. The summed E-state index contributed by atoms with van der Waals surface area (Å²) < 4.78 is 30.8. The molecule has 3 heterocycles. The lowest BCUT2D eigenvalue weighted by Crippen LogP contribution is -2.40. The third-order valence-electron chi connectivity index (χ3n) is 5.57. The highest BCUT2D eigenvalue weighted by Crippen LogP contribution is 2.29. The molecule has 1 aliphatic heterocycles. The third kappa shape index (κ3) is 4.41. The maximum Gasteiger partial charge on any atom is 0.266 e. The lowest BCUT2D eigenvalue weighted by molar-refractivity contribution is -0.121. The van der Waals surface area contributed by atoms with Crippen LogP contribution >= 0.6 is 34.4 Å². The Balaban J connectivity index is 1.74. The summed E-state index contributed by atoms with van der Waals surface area (Å²) in [4.78, 5) is 18.3. The van der Waals surface area contributed by atoms with Crippen molar-refractivity contribution in [1.82, 2.24) is 8.87 Å². The molecule has 166 valence electrons. The molecule has 0 spiro atoms. The molecule has 1 unspecified atom stereocenters. The number of thioether (sulfide) groups is 1. The van der Waals surface area contributed by atoms with Crippen LogP contribution in [-0.4, -0.2) is 47.8 Å². The predicted molar refractivity (Wildman–Crippen MR) is 129 cm³/mol. The zero-order valence-corrected chi connectivity index (χ0v) is 21.0. The van der Waals surface area contributed by atoms with Crippen molar-refractivity contribution in [3.63, 3.8) is 0 Å². The van der Waals surface area contributed by atoms with Gasteiger partial charge in [0, 0.05) is 18.8 Å². The zero-order chi connectivity index (χ0) is 22.2. The van der Waals surface area contributed by atoms with Crippen molar-refractivity contribution in [3.8, 4) is 0 Å². The minimum Gasteiger partial charge on any atom is -0.316 e. The molecular weight excluding hydrogens is 471 g/mol. The largest absolute Gasteiger partial charge is 0.316 e. The standard InChI is InChI=1S/C21H25N3O3S4/c1-14-12-17-18(13-15(14)2)30-21(23(17)9-11-28-3)22-20(25)16-6-4-8-24(16)31(26,27)19-7-5-10-29-19/h5,7,10,12-13,16H,4,6,8-9,11H2,1-3H3. The van der Waals surface area contributed by atoms with Crippen molar-refractivity contribution in [2.24, 2.45) is 4.99 Å². The van der Waals surface area contributed by atoms with Gasteiger partial charge in [-0.3, -0.25) is 4.79 Å². The molecule has 1 aromatic carbocycles. The SMILES string of the molecule is CSCCn1c(=NC(=O)C2CCCN2S(=O)(=O)c2cccs2)sc2cc(C)c(C)cc21. The van der Waals surface area contributed by atoms with Gasteiger partial charge in [-0.15, -0.1) is 11.3 Å². The second kappa shape index (κ2) is 9.19. The van der Waals surface area contributed by atoms with Gasteiger partial charge in [0.1, 0.15) is 10.3 Å².